The van der Waals surface area contributed by atoms with Gasteiger partial charge in [-0.1, -0.05) is 0 Å². The predicted molar refractivity (Wildman–Crippen MR) is 39.6 cm³/mol. The highest BCUT2D eigenvalue weighted by Gasteiger charge is 2.26. The molecule has 0 saturated carbocycles. The molecule has 0 unspecified atom stereocenters. The molecule has 1 N–H and O–H groups in total. The van der Waals surface area contributed by atoms with Crippen LogP contribution in [0.5, 0.6) is 0 Å². The molecular weight excluding hydrogens is 148 g/mol. The van der Waals surface area contributed by atoms with Crippen LogP contribution >= 0.6 is 0 Å². The fourth-order valence-corrected chi connectivity index (χ4v) is 1.14. The third-order valence-electron chi connectivity index (χ3n) is 1.81. The molecule has 0 aromatic rings. The molecule has 0 aliphatic carbocycles. The maximum Gasteiger partial charge on any atom is 0.293 e. The topological polar surface area (TPSA) is 40.5 Å². The van der Waals surface area contributed by atoms with E-state index in [2.05, 4.69) is 0 Å². The maximum absolute atomic E-state index is 12.7. The SMILES string of the molecule is O=C[B]N1CC[C@@H](O)[C@H](F)C1. The smallest absolute Gasteiger partial charge is 0.293 e. The summed E-state index contributed by atoms with van der Waals surface area (Å²) in [5, 5.41) is 8.96. The van der Waals surface area contributed by atoms with Crippen molar-refractivity contribution in [1.29, 1.82) is 0 Å². The Hall–Kier alpha value is -0.415. The van der Waals surface area contributed by atoms with Gasteiger partial charge in [-0.3, -0.25) is 0 Å². The molecule has 1 aliphatic rings. The van der Waals surface area contributed by atoms with Crippen LogP contribution in [0.1, 0.15) is 6.42 Å². The largest absolute Gasteiger partial charge is 0.390 e. The molecule has 1 saturated heterocycles. The van der Waals surface area contributed by atoms with Crippen molar-refractivity contribution in [3.63, 3.8) is 0 Å². The summed E-state index contributed by atoms with van der Waals surface area (Å²) in [7, 11) is 1.30. The minimum Gasteiger partial charge on any atom is -0.390 e. The van der Waals surface area contributed by atoms with E-state index >= 15 is 0 Å². The Balaban J connectivity index is 2.33. The fraction of sp³-hybridized carbons (Fsp3) is 0.833. The molecule has 0 spiro atoms. The lowest BCUT2D eigenvalue weighted by Gasteiger charge is -2.30. The Morgan fingerprint density at radius 3 is 3.00 bits per heavy atom. The summed E-state index contributed by atoms with van der Waals surface area (Å²) < 4.78 is 12.7. The first-order valence-electron chi connectivity index (χ1n) is 3.59. The molecule has 1 fully saturated rings. The van der Waals surface area contributed by atoms with Crippen LogP contribution in [0.2, 0.25) is 0 Å². The van der Waals surface area contributed by atoms with E-state index in [0.717, 1.165) is 0 Å². The van der Waals surface area contributed by atoms with E-state index in [1.165, 1.54) is 7.41 Å². The first-order chi connectivity index (χ1) is 5.24. The van der Waals surface area contributed by atoms with Gasteiger partial charge in [-0.2, -0.15) is 0 Å². The van der Waals surface area contributed by atoms with E-state index < -0.39 is 12.3 Å². The minimum absolute atomic E-state index is 0.125. The van der Waals surface area contributed by atoms with Gasteiger partial charge in [0.25, 0.3) is 7.41 Å². The Morgan fingerprint density at radius 2 is 2.45 bits per heavy atom. The normalized spacial score (nSPS) is 33.3. The number of aliphatic hydroxyl groups is 1. The fourth-order valence-electron chi connectivity index (χ4n) is 1.14. The molecule has 11 heavy (non-hydrogen) atoms. The van der Waals surface area contributed by atoms with Gasteiger partial charge in [-0.25, -0.2) is 4.39 Å². The highest BCUT2D eigenvalue weighted by atomic mass is 19.1. The molecule has 0 amide bonds. The van der Waals surface area contributed by atoms with E-state index in [1.807, 2.05) is 0 Å². The molecule has 1 aliphatic heterocycles. The maximum atomic E-state index is 12.7. The van der Waals surface area contributed by atoms with Gasteiger partial charge in [0.05, 0.1) is 12.3 Å². The standard InChI is InChI=1S/C6H10BFNO2/c8-5-3-9(7-4-10)2-1-6(5)11/h4-6,11H,1-3H2/t5-,6-/m1/s1. The summed E-state index contributed by atoms with van der Waals surface area (Å²) in [5.41, 5.74) is 0. The van der Waals surface area contributed by atoms with E-state index in [0.29, 0.717) is 19.2 Å². The highest BCUT2D eigenvalue weighted by Crippen LogP contribution is 2.12. The van der Waals surface area contributed by atoms with Crippen LogP contribution in [0.3, 0.4) is 0 Å². The van der Waals surface area contributed by atoms with Gasteiger partial charge in [0.1, 0.15) is 6.17 Å². The van der Waals surface area contributed by atoms with Crippen LogP contribution in [0.15, 0.2) is 0 Å². The number of carbonyl (C=O) groups excluding carboxylic acids is 1. The van der Waals surface area contributed by atoms with E-state index in [9.17, 15) is 9.18 Å². The van der Waals surface area contributed by atoms with Crippen LogP contribution in [-0.2, 0) is 4.79 Å². The summed E-state index contributed by atoms with van der Waals surface area (Å²) in [4.78, 5) is 11.6. The second kappa shape index (κ2) is 3.83. The number of rotatable bonds is 2. The van der Waals surface area contributed by atoms with Crippen molar-refractivity contribution in [1.82, 2.24) is 4.81 Å². The molecule has 0 bridgehead atoms. The lowest BCUT2D eigenvalue weighted by Crippen LogP contribution is -2.46. The van der Waals surface area contributed by atoms with Crippen LogP contribution in [0, 0.1) is 0 Å². The third-order valence-corrected chi connectivity index (χ3v) is 1.81. The van der Waals surface area contributed by atoms with Crippen molar-refractivity contribution < 1.29 is 14.3 Å². The van der Waals surface area contributed by atoms with Crippen molar-refractivity contribution in [3.8, 4) is 0 Å². The van der Waals surface area contributed by atoms with Crippen LogP contribution in [0.4, 0.5) is 4.39 Å². The number of hydrogen-bond donors (Lipinski definition) is 1. The molecule has 5 heteroatoms. The zero-order valence-corrected chi connectivity index (χ0v) is 6.11. The second-order valence-electron chi connectivity index (χ2n) is 2.65. The number of hydrogen-bond acceptors (Lipinski definition) is 3. The molecular formula is C6H10BFNO2. The minimum atomic E-state index is -1.22. The molecule has 1 heterocycles. The molecule has 1 radical (unpaired) electrons. The van der Waals surface area contributed by atoms with Crippen molar-refractivity contribution in [2.45, 2.75) is 18.7 Å². The zero-order chi connectivity index (χ0) is 8.27. The van der Waals surface area contributed by atoms with Crippen LogP contribution in [-0.4, -0.2) is 48.9 Å². The quantitative estimate of drug-likeness (QED) is 0.422. The zero-order valence-electron chi connectivity index (χ0n) is 6.11. The first-order valence-corrected chi connectivity index (χ1v) is 3.59. The van der Waals surface area contributed by atoms with Gasteiger partial charge < -0.3 is 14.7 Å². The van der Waals surface area contributed by atoms with Gasteiger partial charge in [0.2, 0.25) is 0 Å². The van der Waals surface area contributed by atoms with E-state index in [4.69, 9.17) is 5.11 Å². The number of carbonyl (C=O) groups is 1. The summed E-state index contributed by atoms with van der Waals surface area (Å²) in [6.45, 7) is 0.681. The van der Waals surface area contributed by atoms with Crippen LogP contribution < -0.4 is 0 Å². The molecule has 0 aromatic heterocycles. The van der Waals surface area contributed by atoms with Crippen molar-refractivity contribution in [2.24, 2.45) is 0 Å². The van der Waals surface area contributed by atoms with Crippen molar-refractivity contribution >= 4 is 13.6 Å². The summed E-state index contributed by atoms with van der Waals surface area (Å²) in [5.74, 6) is 0. The molecule has 3 nitrogen and oxygen atoms in total. The molecule has 1 rings (SSSR count). The highest BCUT2D eigenvalue weighted by molar-refractivity contribution is 6.64. The molecule has 2 atom stereocenters. The predicted octanol–water partition coefficient (Wildman–Crippen LogP) is -0.800. The Bertz CT molecular complexity index is 147. The number of halogens is 1. The number of alkyl halides is 1. The van der Waals surface area contributed by atoms with Crippen molar-refractivity contribution in [2.75, 3.05) is 13.1 Å². The second-order valence-corrected chi connectivity index (χ2v) is 2.65. The summed E-state index contributed by atoms with van der Waals surface area (Å²) >= 11 is 0. The summed E-state index contributed by atoms with van der Waals surface area (Å²) in [6, 6.07) is 0. The number of aliphatic hydroxyl groups excluding tert-OH is 1. The average molecular weight is 158 g/mol. The van der Waals surface area contributed by atoms with E-state index in [-0.39, 0.29) is 6.54 Å². The number of piperidine rings is 1. The van der Waals surface area contributed by atoms with Gasteiger partial charge >= 0.3 is 0 Å². The Labute approximate surface area is 65.4 Å². The monoisotopic (exact) mass is 158 g/mol. The van der Waals surface area contributed by atoms with Gasteiger partial charge in [0.15, 0.2) is 0 Å². The molecule has 61 valence electrons. The third kappa shape index (κ3) is 2.27. The van der Waals surface area contributed by atoms with Crippen LogP contribution in [0.25, 0.3) is 0 Å². The van der Waals surface area contributed by atoms with Gasteiger partial charge in [-0.15, -0.1) is 0 Å². The van der Waals surface area contributed by atoms with Gasteiger partial charge in [-0.05, 0) is 13.0 Å². The summed E-state index contributed by atoms with van der Waals surface area (Å²) in [6.07, 6.45) is -1.05. The lowest BCUT2D eigenvalue weighted by atomic mass is 9.90. The lowest BCUT2D eigenvalue weighted by molar-refractivity contribution is 0.0301. The Morgan fingerprint density at radius 1 is 1.73 bits per heavy atom. The average Bonchev–Trinajstić information content (AvgIpc) is 1.98. The molecule has 0 aromatic carbocycles. The number of nitrogens with zero attached hydrogens (tertiary/aromatic N) is 1. The van der Waals surface area contributed by atoms with Crippen molar-refractivity contribution in [3.05, 3.63) is 0 Å². The van der Waals surface area contributed by atoms with Gasteiger partial charge in [0, 0.05) is 6.54 Å². The van der Waals surface area contributed by atoms with E-state index in [1.54, 1.807) is 4.81 Å². The first kappa shape index (κ1) is 8.68. The Kier molecular flexibility index (Phi) is 3.02.